The van der Waals surface area contributed by atoms with Gasteiger partial charge in [0.15, 0.2) is 18.9 Å². The molecular formula is C42H70O15. The molecule has 3 aliphatic heterocycles. The molecular weight excluding hydrogens is 744 g/mol. The first-order valence-electron chi connectivity index (χ1n) is 21.2. The molecule has 4 aliphatic carbocycles. The van der Waals surface area contributed by atoms with E-state index in [2.05, 4.69) is 6.92 Å². The van der Waals surface area contributed by atoms with Crippen molar-refractivity contribution in [3.63, 3.8) is 0 Å². The summed E-state index contributed by atoms with van der Waals surface area (Å²) in [6.45, 7) is 10.9. The molecule has 15 nitrogen and oxygen atoms in total. The quantitative estimate of drug-likeness (QED) is 0.175. The van der Waals surface area contributed by atoms with Gasteiger partial charge in [-0.2, -0.15) is 0 Å². The maximum Gasteiger partial charge on any atom is 0.161 e. The highest BCUT2D eigenvalue weighted by atomic mass is 16.7. The number of aliphatic hydroxyl groups excluding tert-OH is 3. The highest BCUT2D eigenvalue weighted by Crippen LogP contribution is 2.70. The first kappa shape index (κ1) is 44.2. The molecule has 3 saturated heterocycles. The second-order valence-corrected chi connectivity index (χ2v) is 18.8. The van der Waals surface area contributed by atoms with E-state index in [9.17, 15) is 30.6 Å². The summed E-state index contributed by atoms with van der Waals surface area (Å²) in [4.78, 5) is 0. The van der Waals surface area contributed by atoms with Crippen molar-refractivity contribution in [2.24, 2.45) is 16.7 Å². The van der Waals surface area contributed by atoms with Crippen molar-refractivity contribution in [3.05, 3.63) is 11.6 Å². The van der Waals surface area contributed by atoms with E-state index in [1.165, 1.54) is 6.92 Å². The van der Waals surface area contributed by atoms with Gasteiger partial charge < -0.3 is 73.3 Å². The molecule has 7 rings (SSSR count). The molecule has 0 bridgehead atoms. The minimum absolute atomic E-state index is 0.0771. The lowest BCUT2D eigenvalue weighted by Crippen LogP contribution is -2.78. The topological polar surface area (TPSA) is 204 Å². The second kappa shape index (κ2) is 16.1. The van der Waals surface area contributed by atoms with Crippen LogP contribution in [0.5, 0.6) is 0 Å². The van der Waals surface area contributed by atoms with Gasteiger partial charge in [-0.25, -0.2) is 0 Å². The molecule has 57 heavy (non-hydrogen) atoms. The molecule has 3 heterocycles. The third-order valence-electron chi connectivity index (χ3n) is 16.1. The van der Waals surface area contributed by atoms with Gasteiger partial charge in [0.05, 0.1) is 60.4 Å². The Hall–Kier alpha value is -0.860. The summed E-state index contributed by atoms with van der Waals surface area (Å²) >= 11 is 0. The molecule has 6 N–H and O–H groups in total. The molecule has 0 aromatic carbocycles. The van der Waals surface area contributed by atoms with Crippen LogP contribution in [0.3, 0.4) is 0 Å². The molecule has 7 aliphatic rings. The summed E-state index contributed by atoms with van der Waals surface area (Å²) in [5.41, 5.74) is -6.02. The van der Waals surface area contributed by atoms with E-state index >= 15 is 0 Å². The number of ether oxygens (including phenoxy) is 9. The van der Waals surface area contributed by atoms with Crippen LogP contribution in [0.1, 0.15) is 106 Å². The molecule has 0 aromatic heterocycles. The highest BCUT2D eigenvalue weighted by molar-refractivity contribution is 5.36. The van der Waals surface area contributed by atoms with Gasteiger partial charge in [0.1, 0.15) is 35.1 Å². The standard InChI is InChI=1S/C42H70O15/c1-21-35(45)27(49-7)17-33(52-21)56-37-23(3)54-34(19-29(37)51-9)57-36-22(2)53-32(18-28(36)50-8)55-26-11-12-38(5)25(16-26)10-13-41(47)30(38)20-31(44)39(6)40(46,24(4)43)14-15-42(39,41)48/h10,21-24,26-37,43-48H,11-20H2,1-9H3/t21-,22-,23-,24+,26+,27-,28+,29+,30-,31-,32+,33+,34+,35-,36-,37-,38+,39-,40-,41+,42-/m1/s1. The van der Waals surface area contributed by atoms with Gasteiger partial charge in [-0.15, -0.1) is 0 Å². The zero-order valence-electron chi connectivity index (χ0n) is 35.2. The van der Waals surface area contributed by atoms with Crippen molar-refractivity contribution in [2.45, 2.75) is 215 Å². The summed E-state index contributed by atoms with van der Waals surface area (Å²) in [5.74, 6) is -0.456. The molecule has 0 unspecified atom stereocenters. The van der Waals surface area contributed by atoms with E-state index < -0.39 is 101 Å². The average molecular weight is 815 g/mol. The fourth-order valence-electron chi connectivity index (χ4n) is 12.4. The smallest absolute Gasteiger partial charge is 0.161 e. The number of hydrogen-bond acceptors (Lipinski definition) is 15. The lowest BCUT2D eigenvalue weighted by molar-refractivity contribution is -0.339. The van der Waals surface area contributed by atoms with Gasteiger partial charge in [-0.05, 0) is 78.1 Å². The summed E-state index contributed by atoms with van der Waals surface area (Å²) < 4.78 is 55.6. The maximum atomic E-state index is 12.5. The van der Waals surface area contributed by atoms with Crippen LogP contribution in [0, 0.1) is 16.7 Å². The van der Waals surface area contributed by atoms with Gasteiger partial charge in [-0.3, -0.25) is 0 Å². The van der Waals surface area contributed by atoms with Crippen LogP contribution in [0.4, 0.5) is 0 Å². The van der Waals surface area contributed by atoms with Crippen LogP contribution in [0.2, 0.25) is 0 Å². The normalized spacial score (nSPS) is 54.6. The minimum atomic E-state index is -1.80. The Morgan fingerprint density at radius 1 is 0.719 bits per heavy atom. The van der Waals surface area contributed by atoms with Crippen LogP contribution in [-0.2, 0) is 42.6 Å². The minimum Gasteiger partial charge on any atom is -0.392 e. The van der Waals surface area contributed by atoms with Gasteiger partial charge in [0.2, 0.25) is 0 Å². The SMILES string of the molecule is CO[C@H]1C[C@H](O[C@H]2CC[C@@]3(C)C(=CC[C@]4(O)[C@@H]3C[C@@H](O)[C@@]3(C)[C@]4(O)CC[C@@]3(O)[C@H](C)O)C2)O[C@H](C)[C@H]1O[C@H]1C[C@H](OC)[C@H](O[C@H]2C[C@@H](OC)[C@H](O)[C@@H](C)O2)[C@@H](C)O1. The van der Waals surface area contributed by atoms with Crippen LogP contribution in [-0.4, -0.2) is 161 Å². The highest BCUT2D eigenvalue weighted by Gasteiger charge is 2.80. The fourth-order valence-corrected chi connectivity index (χ4v) is 12.4. The van der Waals surface area contributed by atoms with Crippen molar-refractivity contribution in [2.75, 3.05) is 21.3 Å². The van der Waals surface area contributed by atoms with E-state index in [4.69, 9.17) is 42.6 Å². The van der Waals surface area contributed by atoms with Crippen molar-refractivity contribution >= 4 is 0 Å². The Morgan fingerprint density at radius 2 is 1.25 bits per heavy atom. The third-order valence-corrected chi connectivity index (χ3v) is 16.1. The largest absolute Gasteiger partial charge is 0.392 e. The Morgan fingerprint density at radius 3 is 1.79 bits per heavy atom. The molecule has 6 fully saturated rings. The maximum absolute atomic E-state index is 12.5. The first-order chi connectivity index (χ1) is 26.8. The van der Waals surface area contributed by atoms with E-state index in [1.807, 2.05) is 19.9 Å². The Kier molecular flexibility index (Phi) is 12.5. The van der Waals surface area contributed by atoms with Gasteiger partial charge in [0.25, 0.3) is 0 Å². The fraction of sp³-hybridized carbons (Fsp3) is 0.952. The molecule has 3 saturated carbocycles. The first-order valence-corrected chi connectivity index (χ1v) is 21.2. The number of methoxy groups -OCH3 is 3. The Labute approximate surface area is 337 Å². The van der Waals surface area contributed by atoms with Crippen molar-refractivity contribution < 1.29 is 73.3 Å². The van der Waals surface area contributed by atoms with E-state index in [1.54, 1.807) is 35.2 Å². The number of hydrogen-bond donors (Lipinski definition) is 6. The molecule has 0 amide bonds. The van der Waals surface area contributed by atoms with Crippen molar-refractivity contribution in [3.8, 4) is 0 Å². The van der Waals surface area contributed by atoms with Crippen molar-refractivity contribution in [1.29, 1.82) is 0 Å². The Bertz CT molecular complexity index is 1450. The molecule has 328 valence electrons. The predicted molar refractivity (Wildman–Crippen MR) is 203 cm³/mol. The van der Waals surface area contributed by atoms with Crippen LogP contribution < -0.4 is 0 Å². The van der Waals surface area contributed by atoms with Crippen LogP contribution in [0.25, 0.3) is 0 Å². The van der Waals surface area contributed by atoms with Crippen LogP contribution in [0.15, 0.2) is 11.6 Å². The summed E-state index contributed by atoms with van der Waals surface area (Å²) in [6, 6.07) is 0. The summed E-state index contributed by atoms with van der Waals surface area (Å²) in [6.07, 6.45) is -2.41. The van der Waals surface area contributed by atoms with Crippen LogP contribution >= 0.6 is 0 Å². The Balaban J connectivity index is 0.965. The van der Waals surface area contributed by atoms with E-state index in [-0.39, 0.29) is 50.1 Å². The zero-order chi connectivity index (χ0) is 41.5. The summed E-state index contributed by atoms with van der Waals surface area (Å²) in [5, 5.41) is 69.3. The van der Waals surface area contributed by atoms with Gasteiger partial charge >= 0.3 is 0 Å². The van der Waals surface area contributed by atoms with E-state index in [0.717, 1.165) is 5.57 Å². The zero-order valence-corrected chi connectivity index (χ0v) is 35.2. The average Bonchev–Trinajstić information content (AvgIpc) is 3.40. The van der Waals surface area contributed by atoms with E-state index in [0.29, 0.717) is 38.5 Å². The molecule has 0 radical (unpaired) electrons. The predicted octanol–water partition coefficient (Wildman–Crippen LogP) is 2.23. The second-order valence-electron chi connectivity index (χ2n) is 18.8. The molecule has 15 heteroatoms. The van der Waals surface area contributed by atoms with Crippen molar-refractivity contribution in [1.82, 2.24) is 0 Å². The molecule has 0 spiro atoms. The van der Waals surface area contributed by atoms with Gasteiger partial charge in [0, 0.05) is 46.5 Å². The molecule has 21 atom stereocenters. The molecule has 0 aromatic rings. The summed E-state index contributed by atoms with van der Waals surface area (Å²) in [7, 11) is 4.86. The monoisotopic (exact) mass is 814 g/mol. The number of rotatable bonds is 10. The lowest BCUT2D eigenvalue weighted by atomic mass is 9.42. The number of fused-ring (bicyclic) bond motifs is 5. The third kappa shape index (κ3) is 7.00. The van der Waals surface area contributed by atoms with Gasteiger partial charge in [-0.1, -0.05) is 25.5 Å². The number of aliphatic hydroxyl groups is 6. The lowest BCUT2D eigenvalue weighted by Gasteiger charge is -2.67.